The topological polar surface area (TPSA) is 112 Å². The first kappa shape index (κ1) is 25.4. The molecule has 2 heterocycles. The van der Waals surface area contributed by atoms with E-state index in [0.29, 0.717) is 0 Å². The number of aromatic nitrogens is 2. The minimum atomic E-state index is -5.10. The number of aromatic carboxylic acids is 1. The van der Waals surface area contributed by atoms with Gasteiger partial charge in [-0.1, -0.05) is 36.2 Å². The molecule has 178 valence electrons. The van der Waals surface area contributed by atoms with E-state index in [4.69, 9.17) is 28.3 Å². The number of halogens is 5. The van der Waals surface area contributed by atoms with Crippen molar-refractivity contribution in [3.05, 3.63) is 87.3 Å². The first-order valence-corrected chi connectivity index (χ1v) is 10.3. The molecule has 7 nitrogen and oxygen atoms in total. The van der Waals surface area contributed by atoms with Gasteiger partial charge in [0.05, 0.1) is 5.56 Å². The van der Waals surface area contributed by atoms with E-state index in [1.807, 2.05) is 0 Å². The van der Waals surface area contributed by atoms with Crippen molar-refractivity contribution in [3.8, 4) is 0 Å². The second-order valence-corrected chi connectivity index (χ2v) is 8.07. The molecule has 3 rings (SSSR count). The Morgan fingerprint density at radius 2 is 1.68 bits per heavy atom. The largest absolute Gasteiger partial charge is 0.478 e. The zero-order valence-corrected chi connectivity index (χ0v) is 18.8. The zero-order chi connectivity index (χ0) is 25.3. The van der Waals surface area contributed by atoms with Crippen LogP contribution in [-0.4, -0.2) is 38.2 Å². The van der Waals surface area contributed by atoms with Crippen molar-refractivity contribution < 1.29 is 33.0 Å². The Morgan fingerprint density at radius 3 is 2.26 bits per heavy atom. The summed E-state index contributed by atoms with van der Waals surface area (Å²) in [6.45, 7) is 1.14. The number of rotatable bonds is 6. The van der Waals surface area contributed by atoms with Crippen LogP contribution in [0.25, 0.3) is 0 Å². The van der Waals surface area contributed by atoms with Crippen molar-refractivity contribution in [1.29, 1.82) is 0 Å². The first-order valence-electron chi connectivity index (χ1n) is 9.56. The number of pyridine rings is 2. The number of amides is 1. The summed E-state index contributed by atoms with van der Waals surface area (Å²) < 4.78 is 42.2. The molecule has 0 aliphatic rings. The van der Waals surface area contributed by atoms with Crippen molar-refractivity contribution in [2.45, 2.75) is 24.6 Å². The van der Waals surface area contributed by atoms with Crippen LogP contribution in [-0.2, 0) is 5.60 Å². The van der Waals surface area contributed by atoms with Crippen LogP contribution >= 0.6 is 23.2 Å². The fraction of sp³-hybridized carbons (Fsp3) is 0.182. The molecule has 0 spiro atoms. The van der Waals surface area contributed by atoms with Gasteiger partial charge in [-0.05, 0) is 47.5 Å². The van der Waals surface area contributed by atoms with Crippen molar-refractivity contribution in [2.75, 3.05) is 5.32 Å². The second-order valence-electron chi connectivity index (χ2n) is 7.28. The highest BCUT2D eigenvalue weighted by Gasteiger charge is 2.59. The molecule has 0 saturated heterocycles. The van der Waals surface area contributed by atoms with Crippen molar-refractivity contribution in [1.82, 2.24) is 9.97 Å². The monoisotopic (exact) mass is 513 g/mol. The van der Waals surface area contributed by atoms with Gasteiger partial charge in [0.1, 0.15) is 11.0 Å². The van der Waals surface area contributed by atoms with Gasteiger partial charge < -0.3 is 15.5 Å². The molecule has 3 aromatic rings. The van der Waals surface area contributed by atoms with Gasteiger partial charge in [-0.3, -0.25) is 4.79 Å². The molecule has 2 aromatic heterocycles. The summed E-state index contributed by atoms with van der Waals surface area (Å²) in [5, 5.41) is 21.8. The van der Waals surface area contributed by atoms with Crippen LogP contribution in [0.15, 0.2) is 54.9 Å². The van der Waals surface area contributed by atoms with Crippen LogP contribution < -0.4 is 5.32 Å². The van der Waals surface area contributed by atoms with Crippen LogP contribution in [0, 0.1) is 0 Å². The molecule has 0 fully saturated rings. The van der Waals surface area contributed by atoms with Crippen LogP contribution in [0.5, 0.6) is 0 Å². The molecule has 0 unspecified atom stereocenters. The molecule has 12 heteroatoms. The zero-order valence-electron chi connectivity index (χ0n) is 17.3. The van der Waals surface area contributed by atoms with Crippen LogP contribution in [0.2, 0.25) is 10.2 Å². The van der Waals surface area contributed by atoms with Crippen molar-refractivity contribution in [3.63, 3.8) is 0 Å². The van der Waals surface area contributed by atoms with E-state index < -0.39 is 35.1 Å². The number of anilines is 1. The molecular formula is C22H16Cl2F3N3O4. The molecule has 0 radical (unpaired) electrons. The summed E-state index contributed by atoms with van der Waals surface area (Å²) >= 11 is 12.0. The number of hydrogen-bond acceptors (Lipinski definition) is 5. The number of benzene rings is 1. The normalized spacial score (nSPS) is 14.2. The average molecular weight is 514 g/mol. The maximum Gasteiger partial charge on any atom is 0.422 e. The Kier molecular flexibility index (Phi) is 7.15. The Hall–Kier alpha value is -3.21. The Bertz CT molecular complexity index is 1260. The summed E-state index contributed by atoms with van der Waals surface area (Å²) in [5.41, 5.74) is -4.07. The summed E-state index contributed by atoms with van der Waals surface area (Å²) in [5.74, 6) is -3.57. The molecule has 3 N–H and O–H groups in total. The molecule has 1 amide bonds. The number of carbonyl (C=O) groups excluding carboxylic acids is 1. The van der Waals surface area contributed by atoms with Gasteiger partial charge in [0.15, 0.2) is 5.60 Å². The van der Waals surface area contributed by atoms with Gasteiger partial charge in [0.2, 0.25) is 0 Å². The van der Waals surface area contributed by atoms with Gasteiger partial charge in [-0.2, -0.15) is 13.2 Å². The molecule has 1 aromatic carbocycles. The highest BCUT2D eigenvalue weighted by Crippen LogP contribution is 2.50. The maximum atomic E-state index is 14.1. The number of hydrogen-bond donors (Lipinski definition) is 3. The summed E-state index contributed by atoms with van der Waals surface area (Å²) in [4.78, 5) is 31.1. The molecule has 0 aliphatic carbocycles. The van der Waals surface area contributed by atoms with E-state index in [9.17, 15) is 27.9 Å². The maximum absolute atomic E-state index is 14.1. The third kappa shape index (κ3) is 4.98. The molecular weight excluding hydrogens is 498 g/mol. The fourth-order valence-electron chi connectivity index (χ4n) is 3.36. The highest BCUT2D eigenvalue weighted by molar-refractivity contribution is 6.32. The first-order chi connectivity index (χ1) is 15.8. The van der Waals surface area contributed by atoms with E-state index in [1.54, 1.807) is 0 Å². The number of aliphatic hydroxyl groups is 1. The van der Waals surface area contributed by atoms with E-state index in [2.05, 4.69) is 15.3 Å². The summed E-state index contributed by atoms with van der Waals surface area (Å²) in [6, 6.07) is 7.86. The van der Waals surface area contributed by atoms with Gasteiger partial charge >= 0.3 is 12.1 Å². The van der Waals surface area contributed by atoms with E-state index in [0.717, 1.165) is 37.4 Å². The van der Waals surface area contributed by atoms with Gasteiger partial charge in [-0.25, -0.2) is 14.8 Å². The van der Waals surface area contributed by atoms with Crippen LogP contribution in [0.3, 0.4) is 0 Å². The number of alkyl halides is 3. The molecule has 0 aliphatic heterocycles. The van der Waals surface area contributed by atoms with Crippen LogP contribution in [0.1, 0.15) is 44.7 Å². The highest BCUT2D eigenvalue weighted by atomic mass is 35.5. The Morgan fingerprint density at radius 1 is 1.00 bits per heavy atom. The smallest absolute Gasteiger partial charge is 0.422 e. The summed E-state index contributed by atoms with van der Waals surface area (Å²) in [6.07, 6.45) is -2.86. The SMILES string of the molecule is C[C@H](c1ccc(C(=O)Nc2cc(C(=O)O)ccn2)cc1Cl)[C@@](O)(c1ccnc(Cl)c1)C(F)(F)F. The predicted octanol–water partition coefficient (Wildman–Crippen LogP) is 5.29. The van der Waals surface area contributed by atoms with Crippen LogP contribution in [0.4, 0.5) is 19.0 Å². The lowest BCUT2D eigenvalue weighted by molar-refractivity contribution is -0.274. The number of carboxylic acids is 1. The third-order valence-electron chi connectivity index (χ3n) is 5.20. The predicted molar refractivity (Wildman–Crippen MR) is 118 cm³/mol. The number of nitrogens with zero attached hydrogens (tertiary/aromatic N) is 2. The Labute approximate surface area is 201 Å². The Balaban J connectivity index is 1.93. The lowest BCUT2D eigenvalue weighted by atomic mass is 9.78. The van der Waals surface area contributed by atoms with Crippen molar-refractivity contribution in [2.24, 2.45) is 0 Å². The number of carboxylic acid groups (broad SMARTS) is 1. The fourth-order valence-corrected chi connectivity index (χ4v) is 3.88. The van der Waals surface area contributed by atoms with Gasteiger partial charge in [-0.15, -0.1) is 0 Å². The molecule has 0 saturated carbocycles. The van der Waals surface area contributed by atoms with E-state index in [-0.39, 0.29) is 32.7 Å². The third-order valence-corrected chi connectivity index (χ3v) is 5.74. The number of nitrogens with one attached hydrogen (secondary N) is 1. The van der Waals surface area contributed by atoms with Crippen molar-refractivity contribution >= 4 is 40.9 Å². The molecule has 34 heavy (non-hydrogen) atoms. The lowest BCUT2D eigenvalue weighted by Crippen LogP contribution is -2.46. The minimum Gasteiger partial charge on any atom is -0.478 e. The molecule has 2 atom stereocenters. The van der Waals surface area contributed by atoms with E-state index >= 15 is 0 Å². The standard InChI is InChI=1S/C22H16Cl2F3N3O4/c1-11(21(34,22(25,26)27)14-5-7-28-17(24)10-14)15-3-2-12(8-16(15)23)19(31)30-18-9-13(20(32)33)4-6-29-18/h2-11,34H,1H3,(H,32,33)(H,29,30,31)/t11-,21-/m1/s1. The second kappa shape index (κ2) is 9.57. The molecule has 0 bridgehead atoms. The minimum absolute atomic E-state index is 0.0222. The van der Waals surface area contributed by atoms with Gasteiger partial charge in [0.25, 0.3) is 5.91 Å². The van der Waals surface area contributed by atoms with Gasteiger partial charge in [0, 0.05) is 28.9 Å². The van der Waals surface area contributed by atoms with E-state index in [1.165, 1.54) is 24.4 Å². The number of carbonyl (C=O) groups is 2. The quantitative estimate of drug-likeness (QED) is 0.386. The summed E-state index contributed by atoms with van der Waals surface area (Å²) in [7, 11) is 0. The lowest BCUT2D eigenvalue weighted by Gasteiger charge is -2.37. The average Bonchev–Trinajstić information content (AvgIpc) is 2.77.